The summed E-state index contributed by atoms with van der Waals surface area (Å²) in [5.74, 6) is 1.10. The largest absolute Gasteiger partial charge is 0.355 e. The third-order valence-corrected chi connectivity index (χ3v) is 5.72. The highest BCUT2D eigenvalue weighted by atomic mass is 16.2. The van der Waals surface area contributed by atoms with Crippen molar-refractivity contribution in [2.24, 2.45) is 5.41 Å². The van der Waals surface area contributed by atoms with Gasteiger partial charge in [0.15, 0.2) is 0 Å². The van der Waals surface area contributed by atoms with Crippen molar-refractivity contribution in [3.8, 4) is 6.07 Å². The first-order valence-electron chi connectivity index (χ1n) is 9.28. The summed E-state index contributed by atoms with van der Waals surface area (Å²) in [5.41, 5.74) is 2.76. The van der Waals surface area contributed by atoms with E-state index in [1.807, 2.05) is 24.8 Å². The molecule has 5 heteroatoms. The summed E-state index contributed by atoms with van der Waals surface area (Å²) in [6.07, 6.45) is 3.81. The fourth-order valence-electron chi connectivity index (χ4n) is 4.42. The molecule has 2 fully saturated rings. The second-order valence-corrected chi connectivity index (χ2v) is 8.03. The average Bonchev–Trinajstić information content (AvgIpc) is 2.57. The van der Waals surface area contributed by atoms with Crippen LogP contribution in [0.5, 0.6) is 0 Å². The van der Waals surface area contributed by atoms with E-state index in [2.05, 4.69) is 24.8 Å². The number of nitrogens with zero attached hydrogens (tertiary/aromatic N) is 4. The molecular weight excluding hydrogens is 312 g/mol. The van der Waals surface area contributed by atoms with Gasteiger partial charge in [-0.05, 0) is 58.6 Å². The molecule has 1 atom stereocenters. The Morgan fingerprint density at radius 3 is 2.72 bits per heavy atom. The highest BCUT2D eigenvalue weighted by molar-refractivity contribution is 5.77. The lowest BCUT2D eigenvalue weighted by Gasteiger charge is -2.49. The summed E-state index contributed by atoms with van der Waals surface area (Å²) in [6, 6.07) is 4.56. The van der Waals surface area contributed by atoms with E-state index >= 15 is 0 Å². The molecule has 1 amide bonds. The second kappa shape index (κ2) is 6.67. The maximum atomic E-state index is 12.3. The van der Waals surface area contributed by atoms with Crippen molar-refractivity contribution in [3.05, 3.63) is 22.9 Å². The molecule has 1 aromatic rings. The maximum absolute atomic E-state index is 12.3. The Kier molecular flexibility index (Phi) is 4.73. The van der Waals surface area contributed by atoms with Gasteiger partial charge in [0.05, 0.1) is 5.56 Å². The molecule has 3 heterocycles. The van der Waals surface area contributed by atoms with E-state index in [1.165, 1.54) is 0 Å². The van der Waals surface area contributed by atoms with E-state index in [4.69, 9.17) is 4.98 Å². The minimum Gasteiger partial charge on any atom is -0.355 e. The van der Waals surface area contributed by atoms with Crippen molar-refractivity contribution in [2.75, 3.05) is 24.5 Å². The first-order chi connectivity index (χ1) is 11.8. The van der Waals surface area contributed by atoms with Crippen LogP contribution in [-0.2, 0) is 4.79 Å². The van der Waals surface area contributed by atoms with Gasteiger partial charge < -0.3 is 9.80 Å². The van der Waals surface area contributed by atoms with E-state index in [0.717, 1.165) is 56.0 Å². The molecule has 1 spiro atoms. The molecule has 3 rings (SSSR count). The monoisotopic (exact) mass is 340 g/mol. The molecule has 0 aromatic carbocycles. The molecule has 0 radical (unpaired) electrons. The number of rotatable bonds is 2. The van der Waals surface area contributed by atoms with E-state index in [9.17, 15) is 10.1 Å². The molecular formula is C20H28N4O. The van der Waals surface area contributed by atoms with Crippen molar-refractivity contribution in [3.63, 3.8) is 0 Å². The minimum absolute atomic E-state index is 0.127. The number of aryl methyl sites for hydroxylation is 2. The Labute approximate surface area is 150 Å². The molecule has 1 aromatic heterocycles. The maximum Gasteiger partial charge on any atom is 0.222 e. The Bertz CT molecular complexity index is 721. The lowest BCUT2D eigenvalue weighted by atomic mass is 9.73. The van der Waals surface area contributed by atoms with Gasteiger partial charge in [-0.15, -0.1) is 0 Å². The van der Waals surface area contributed by atoms with Gasteiger partial charge in [-0.3, -0.25) is 4.79 Å². The first-order valence-corrected chi connectivity index (χ1v) is 9.28. The van der Waals surface area contributed by atoms with Gasteiger partial charge >= 0.3 is 0 Å². The van der Waals surface area contributed by atoms with Crippen molar-refractivity contribution in [2.45, 2.75) is 59.4 Å². The molecule has 134 valence electrons. The summed E-state index contributed by atoms with van der Waals surface area (Å²) < 4.78 is 0. The SMILES string of the molecule is Cc1cc(C)c(C#N)c(N2CCC[C@]3(CCC(=O)N(C(C)C)C3)C2)n1. The summed E-state index contributed by atoms with van der Waals surface area (Å²) in [6.45, 7) is 10.8. The Balaban J connectivity index is 1.90. The second-order valence-electron chi connectivity index (χ2n) is 8.03. The number of carbonyl (C=O) groups is 1. The minimum atomic E-state index is 0.127. The molecule has 0 saturated carbocycles. The molecule has 0 N–H and O–H groups in total. The number of amides is 1. The van der Waals surface area contributed by atoms with Gasteiger partial charge in [0, 0.05) is 43.2 Å². The fraction of sp³-hybridized carbons (Fsp3) is 0.650. The topological polar surface area (TPSA) is 60.2 Å². The van der Waals surface area contributed by atoms with Crippen molar-refractivity contribution < 1.29 is 4.79 Å². The Morgan fingerprint density at radius 2 is 2.04 bits per heavy atom. The van der Waals surface area contributed by atoms with Gasteiger partial charge in [-0.2, -0.15) is 5.26 Å². The van der Waals surface area contributed by atoms with Gasteiger partial charge in [-0.1, -0.05) is 0 Å². The fourth-order valence-corrected chi connectivity index (χ4v) is 4.42. The van der Waals surface area contributed by atoms with Crippen LogP contribution in [0.3, 0.4) is 0 Å². The van der Waals surface area contributed by atoms with Crippen LogP contribution in [0.2, 0.25) is 0 Å². The molecule has 2 saturated heterocycles. The predicted octanol–water partition coefficient (Wildman–Crippen LogP) is 3.19. The van der Waals surface area contributed by atoms with Crippen LogP contribution in [0, 0.1) is 30.6 Å². The predicted molar refractivity (Wildman–Crippen MR) is 98.4 cm³/mol. The van der Waals surface area contributed by atoms with Crippen LogP contribution in [0.15, 0.2) is 6.07 Å². The quantitative estimate of drug-likeness (QED) is 0.829. The van der Waals surface area contributed by atoms with Crippen LogP contribution in [-0.4, -0.2) is 41.5 Å². The lowest BCUT2D eigenvalue weighted by molar-refractivity contribution is -0.140. The number of hydrogen-bond acceptors (Lipinski definition) is 4. The van der Waals surface area contributed by atoms with Crippen molar-refractivity contribution in [1.29, 1.82) is 5.26 Å². The Morgan fingerprint density at radius 1 is 1.28 bits per heavy atom. The molecule has 25 heavy (non-hydrogen) atoms. The Hall–Kier alpha value is -2.09. The number of hydrogen-bond donors (Lipinski definition) is 0. The average molecular weight is 340 g/mol. The standard InChI is InChI=1S/C20H28N4O/c1-14(2)24-13-20(8-6-18(24)25)7-5-9-23(12-20)19-17(11-21)15(3)10-16(4)22-19/h10,14H,5-9,12-13H2,1-4H3/t20-/m0/s1. The lowest BCUT2D eigenvalue weighted by Crippen LogP contribution is -2.55. The zero-order valence-electron chi connectivity index (χ0n) is 15.8. The molecule has 0 unspecified atom stereocenters. The normalized spacial score (nSPS) is 24.1. The van der Waals surface area contributed by atoms with E-state index < -0.39 is 0 Å². The summed E-state index contributed by atoms with van der Waals surface area (Å²) in [5, 5.41) is 9.60. The molecule has 2 aliphatic rings. The first kappa shape index (κ1) is 17.7. The van der Waals surface area contributed by atoms with Crippen LogP contribution in [0.25, 0.3) is 0 Å². The molecule has 0 bridgehead atoms. The summed E-state index contributed by atoms with van der Waals surface area (Å²) in [7, 11) is 0. The van der Waals surface area contributed by atoms with E-state index in [-0.39, 0.29) is 17.4 Å². The highest BCUT2D eigenvalue weighted by Crippen LogP contribution is 2.41. The molecule has 5 nitrogen and oxygen atoms in total. The zero-order valence-corrected chi connectivity index (χ0v) is 15.8. The van der Waals surface area contributed by atoms with Crippen LogP contribution in [0.4, 0.5) is 5.82 Å². The van der Waals surface area contributed by atoms with Gasteiger partial charge in [0.1, 0.15) is 11.9 Å². The van der Waals surface area contributed by atoms with E-state index in [1.54, 1.807) is 0 Å². The smallest absolute Gasteiger partial charge is 0.222 e. The number of pyridine rings is 1. The van der Waals surface area contributed by atoms with Crippen LogP contribution >= 0.6 is 0 Å². The molecule has 2 aliphatic heterocycles. The van der Waals surface area contributed by atoms with Crippen LogP contribution < -0.4 is 4.90 Å². The summed E-state index contributed by atoms with van der Waals surface area (Å²) in [4.78, 5) is 21.3. The van der Waals surface area contributed by atoms with Crippen molar-refractivity contribution in [1.82, 2.24) is 9.88 Å². The number of carbonyl (C=O) groups excluding carboxylic acids is 1. The van der Waals surface area contributed by atoms with Crippen molar-refractivity contribution >= 4 is 11.7 Å². The highest BCUT2D eigenvalue weighted by Gasteiger charge is 2.43. The number of piperidine rings is 2. The van der Waals surface area contributed by atoms with Gasteiger partial charge in [-0.25, -0.2) is 4.98 Å². The zero-order chi connectivity index (χ0) is 18.2. The van der Waals surface area contributed by atoms with Gasteiger partial charge in [0.2, 0.25) is 5.91 Å². The summed E-state index contributed by atoms with van der Waals surface area (Å²) >= 11 is 0. The number of anilines is 1. The van der Waals surface area contributed by atoms with Crippen LogP contribution in [0.1, 0.15) is 56.4 Å². The van der Waals surface area contributed by atoms with Gasteiger partial charge in [0.25, 0.3) is 0 Å². The number of nitriles is 1. The third-order valence-electron chi connectivity index (χ3n) is 5.72. The molecule has 0 aliphatic carbocycles. The number of likely N-dealkylation sites (tertiary alicyclic amines) is 1. The van der Waals surface area contributed by atoms with E-state index in [0.29, 0.717) is 12.0 Å². The number of aromatic nitrogens is 1. The third kappa shape index (κ3) is 3.35.